The normalized spacial score (nSPS) is 15.5. The average Bonchev–Trinajstić information content (AvgIpc) is 3.17. The quantitative estimate of drug-likeness (QED) is 0.438. The molecule has 34 heavy (non-hydrogen) atoms. The molecule has 2 aromatic rings. The van der Waals surface area contributed by atoms with Crippen LogP contribution in [0.5, 0.6) is 0 Å². The summed E-state index contributed by atoms with van der Waals surface area (Å²) >= 11 is 0. The third kappa shape index (κ3) is 6.13. The van der Waals surface area contributed by atoms with Crippen LogP contribution >= 0.6 is 0 Å². The summed E-state index contributed by atoms with van der Waals surface area (Å²) in [6, 6.07) is 15.1. The first-order valence-electron chi connectivity index (χ1n) is 11.2. The molecule has 1 aliphatic carbocycles. The largest absolute Gasteiger partial charge is 0.465 e. The van der Waals surface area contributed by atoms with E-state index in [2.05, 4.69) is 0 Å². The number of esters is 1. The zero-order chi connectivity index (χ0) is 24.7. The molecule has 7 heteroatoms. The second-order valence-electron chi connectivity index (χ2n) is 8.04. The summed E-state index contributed by atoms with van der Waals surface area (Å²) in [7, 11) is 4.82. The smallest absolute Gasteiger partial charge is 0.413 e. The van der Waals surface area contributed by atoms with Crippen molar-refractivity contribution in [3.63, 3.8) is 0 Å². The van der Waals surface area contributed by atoms with Crippen LogP contribution in [0, 0.1) is 0 Å². The highest BCUT2D eigenvalue weighted by atomic mass is 16.5. The number of ether oxygens (including phenoxy) is 2. The summed E-state index contributed by atoms with van der Waals surface area (Å²) in [5.74, 6) is -0.212. The number of likely N-dealkylation sites (N-methyl/N-ethyl adjacent to an activating group) is 1. The fraction of sp³-hybridized carbons (Fsp3) is 0.296. The van der Waals surface area contributed by atoms with Crippen molar-refractivity contribution in [1.29, 1.82) is 0 Å². The molecular weight excluding hydrogens is 432 g/mol. The molecule has 0 aliphatic heterocycles. The molecule has 7 nitrogen and oxygen atoms in total. The fourth-order valence-corrected chi connectivity index (χ4v) is 3.73. The van der Waals surface area contributed by atoms with Gasteiger partial charge < -0.3 is 14.4 Å². The summed E-state index contributed by atoms with van der Waals surface area (Å²) in [4.78, 5) is 39.5. The van der Waals surface area contributed by atoms with Gasteiger partial charge in [-0.25, -0.2) is 4.79 Å². The molecule has 178 valence electrons. The van der Waals surface area contributed by atoms with E-state index in [4.69, 9.17) is 9.47 Å². The van der Waals surface area contributed by atoms with E-state index in [1.807, 2.05) is 72.6 Å². The Morgan fingerprint density at radius 1 is 0.882 bits per heavy atom. The molecule has 0 radical (unpaired) electrons. The highest BCUT2D eigenvalue weighted by Gasteiger charge is 2.23. The van der Waals surface area contributed by atoms with E-state index in [1.54, 1.807) is 14.0 Å². The van der Waals surface area contributed by atoms with E-state index in [1.165, 1.54) is 12.0 Å². The maximum Gasteiger partial charge on any atom is 0.413 e. The van der Waals surface area contributed by atoms with Crippen molar-refractivity contribution in [2.45, 2.75) is 19.8 Å². The molecule has 0 bridgehead atoms. The van der Waals surface area contributed by atoms with Gasteiger partial charge in [0, 0.05) is 36.6 Å². The highest BCUT2D eigenvalue weighted by molar-refractivity contribution is 6.15. The van der Waals surface area contributed by atoms with E-state index in [0.29, 0.717) is 25.1 Å². The third-order valence-corrected chi connectivity index (χ3v) is 5.66. The molecule has 1 amide bonds. The van der Waals surface area contributed by atoms with Gasteiger partial charge in [-0.15, -0.1) is 0 Å². The van der Waals surface area contributed by atoms with Crippen molar-refractivity contribution in [3.8, 4) is 0 Å². The first kappa shape index (κ1) is 24.8. The summed E-state index contributed by atoms with van der Waals surface area (Å²) in [5.41, 5.74) is 5.00. The summed E-state index contributed by atoms with van der Waals surface area (Å²) in [6.45, 7) is 2.33. The number of amides is 1. The van der Waals surface area contributed by atoms with Gasteiger partial charge in [0.15, 0.2) is 5.78 Å². The molecule has 1 aliphatic rings. The van der Waals surface area contributed by atoms with Gasteiger partial charge >= 0.3 is 12.1 Å². The Morgan fingerprint density at radius 3 is 1.85 bits per heavy atom. The molecule has 0 heterocycles. The maximum absolute atomic E-state index is 12.9. The number of nitrogens with zero attached hydrogens (tertiary/aromatic N) is 2. The van der Waals surface area contributed by atoms with Crippen LogP contribution in [0.3, 0.4) is 0 Å². The van der Waals surface area contributed by atoms with Gasteiger partial charge in [0.1, 0.15) is 6.54 Å². The molecule has 0 atom stereocenters. The first-order chi connectivity index (χ1) is 16.3. The monoisotopic (exact) mass is 462 g/mol. The molecule has 0 spiro atoms. The summed E-state index contributed by atoms with van der Waals surface area (Å²) < 4.78 is 9.71. The predicted molar refractivity (Wildman–Crippen MR) is 134 cm³/mol. The van der Waals surface area contributed by atoms with Gasteiger partial charge in [0.2, 0.25) is 0 Å². The zero-order valence-corrected chi connectivity index (χ0v) is 20.0. The van der Waals surface area contributed by atoms with Gasteiger partial charge in [-0.2, -0.15) is 0 Å². The van der Waals surface area contributed by atoms with Crippen molar-refractivity contribution >= 4 is 41.4 Å². The minimum absolute atomic E-state index is 0.0549. The van der Waals surface area contributed by atoms with E-state index >= 15 is 0 Å². The van der Waals surface area contributed by atoms with E-state index in [-0.39, 0.29) is 18.3 Å². The second-order valence-corrected chi connectivity index (χ2v) is 8.04. The SMILES string of the molecule is CCOC(=O)CN(C)c1ccc(C=C2CCC(=Cc3ccc(N(C)C(=O)OC)cc3)C2=O)cc1. The molecule has 2 aromatic carbocycles. The molecule has 0 saturated heterocycles. The Bertz CT molecular complexity index is 1100. The van der Waals surface area contributed by atoms with Crippen LogP contribution in [0.15, 0.2) is 59.7 Å². The lowest BCUT2D eigenvalue weighted by molar-refractivity contribution is -0.141. The summed E-state index contributed by atoms with van der Waals surface area (Å²) in [5, 5.41) is 0. The van der Waals surface area contributed by atoms with Crippen LogP contribution in [0.4, 0.5) is 16.2 Å². The maximum atomic E-state index is 12.9. The van der Waals surface area contributed by atoms with Crippen LogP contribution in [0.2, 0.25) is 0 Å². The Balaban J connectivity index is 1.66. The average molecular weight is 463 g/mol. The number of hydrogen-bond acceptors (Lipinski definition) is 6. The minimum Gasteiger partial charge on any atom is -0.465 e. The zero-order valence-electron chi connectivity index (χ0n) is 20.0. The summed E-state index contributed by atoms with van der Waals surface area (Å²) in [6.07, 6.45) is 4.77. The fourth-order valence-electron chi connectivity index (χ4n) is 3.73. The molecule has 0 unspecified atom stereocenters. The van der Waals surface area contributed by atoms with Crippen molar-refractivity contribution in [3.05, 3.63) is 70.8 Å². The number of hydrogen-bond donors (Lipinski definition) is 0. The standard InChI is InChI=1S/C27H30N2O5/c1-5-34-25(30)18-28(2)23-12-6-19(7-13-23)16-21-10-11-22(26(21)31)17-20-8-14-24(15-9-20)29(3)27(32)33-4/h6-9,12-17H,5,10-11,18H2,1-4H3. The van der Waals surface area contributed by atoms with Gasteiger partial charge in [-0.05, 0) is 67.3 Å². The van der Waals surface area contributed by atoms with Crippen molar-refractivity contribution < 1.29 is 23.9 Å². The molecule has 1 fully saturated rings. The van der Waals surface area contributed by atoms with Crippen LogP contribution in [-0.2, 0) is 19.1 Å². The number of Topliss-reactive ketones (excluding diaryl/α,β-unsaturated/α-hetero) is 1. The van der Waals surface area contributed by atoms with Crippen molar-refractivity contribution in [2.75, 3.05) is 44.2 Å². The number of carbonyl (C=O) groups excluding carboxylic acids is 3. The van der Waals surface area contributed by atoms with Gasteiger partial charge in [-0.3, -0.25) is 14.5 Å². The van der Waals surface area contributed by atoms with Crippen LogP contribution in [0.1, 0.15) is 30.9 Å². The Hall–Kier alpha value is -3.87. The number of allylic oxidation sites excluding steroid dienone is 2. The molecule has 0 aromatic heterocycles. The number of methoxy groups -OCH3 is 1. The van der Waals surface area contributed by atoms with Crippen LogP contribution < -0.4 is 9.80 Å². The topological polar surface area (TPSA) is 76.2 Å². The lowest BCUT2D eigenvalue weighted by Gasteiger charge is -2.18. The van der Waals surface area contributed by atoms with Gasteiger partial charge in [0.25, 0.3) is 0 Å². The highest BCUT2D eigenvalue weighted by Crippen LogP contribution is 2.30. The number of benzene rings is 2. The number of rotatable bonds is 7. The Kier molecular flexibility index (Phi) is 8.24. The predicted octanol–water partition coefficient (Wildman–Crippen LogP) is 4.72. The Labute approximate surface area is 200 Å². The first-order valence-corrected chi connectivity index (χ1v) is 11.2. The minimum atomic E-state index is -0.439. The van der Waals surface area contributed by atoms with E-state index in [0.717, 1.165) is 28.0 Å². The van der Waals surface area contributed by atoms with E-state index in [9.17, 15) is 14.4 Å². The Morgan fingerprint density at radius 2 is 1.38 bits per heavy atom. The number of ketones is 1. The molecule has 3 rings (SSSR count). The number of anilines is 2. The van der Waals surface area contributed by atoms with E-state index < -0.39 is 6.09 Å². The van der Waals surface area contributed by atoms with Gasteiger partial charge in [-0.1, -0.05) is 24.3 Å². The molecule has 1 saturated carbocycles. The van der Waals surface area contributed by atoms with Crippen molar-refractivity contribution in [1.82, 2.24) is 0 Å². The van der Waals surface area contributed by atoms with Crippen LogP contribution in [0.25, 0.3) is 12.2 Å². The molecule has 0 N–H and O–H groups in total. The second kappa shape index (κ2) is 11.3. The lowest BCUT2D eigenvalue weighted by Crippen LogP contribution is -2.26. The third-order valence-electron chi connectivity index (χ3n) is 5.66. The van der Waals surface area contributed by atoms with Crippen LogP contribution in [-0.4, -0.2) is 52.2 Å². The molecular formula is C27H30N2O5. The van der Waals surface area contributed by atoms with Gasteiger partial charge in [0.05, 0.1) is 13.7 Å². The van der Waals surface area contributed by atoms with Crippen molar-refractivity contribution in [2.24, 2.45) is 0 Å². The lowest BCUT2D eigenvalue weighted by atomic mass is 10.1. The number of carbonyl (C=O) groups is 3.